The molecule has 1 saturated heterocycles. The third-order valence-corrected chi connectivity index (χ3v) is 4.43. The molecule has 1 atom stereocenters. The van der Waals surface area contributed by atoms with Crippen molar-refractivity contribution in [1.82, 2.24) is 4.90 Å². The molecule has 0 spiro atoms. The number of aryl methyl sites for hydroxylation is 1. The second-order valence-corrected chi connectivity index (χ2v) is 6.25. The van der Waals surface area contributed by atoms with E-state index in [4.69, 9.17) is 0 Å². The number of fused-ring (bicyclic) bond motifs is 1. The van der Waals surface area contributed by atoms with E-state index in [0.29, 0.717) is 0 Å². The summed E-state index contributed by atoms with van der Waals surface area (Å²) < 4.78 is 0. The highest BCUT2D eigenvalue weighted by Gasteiger charge is 2.40. The van der Waals surface area contributed by atoms with E-state index in [1.807, 2.05) is 26.0 Å². The van der Waals surface area contributed by atoms with Crippen LogP contribution in [0.3, 0.4) is 0 Å². The Hall–Kier alpha value is -1.84. The van der Waals surface area contributed by atoms with Crippen LogP contribution in [0.15, 0.2) is 18.2 Å². The lowest BCUT2D eigenvalue weighted by Gasteiger charge is -2.23. The summed E-state index contributed by atoms with van der Waals surface area (Å²) in [7, 11) is 0. The average Bonchev–Trinajstić information content (AvgIpc) is 2.74. The van der Waals surface area contributed by atoms with Crippen molar-refractivity contribution in [1.29, 1.82) is 0 Å². The fourth-order valence-corrected chi connectivity index (χ4v) is 3.41. The second-order valence-electron chi connectivity index (χ2n) is 6.25. The number of nitrogens with one attached hydrogen (secondary N) is 1. The lowest BCUT2D eigenvalue weighted by atomic mass is 9.90. The van der Waals surface area contributed by atoms with Crippen molar-refractivity contribution in [3.8, 4) is 0 Å². The third kappa shape index (κ3) is 2.55. The summed E-state index contributed by atoms with van der Waals surface area (Å²) >= 11 is 0. The molecule has 1 unspecified atom stereocenters. The Morgan fingerprint density at radius 2 is 1.95 bits per heavy atom. The van der Waals surface area contributed by atoms with Gasteiger partial charge in [-0.05, 0) is 56.7 Å². The first kappa shape index (κ1) is 14.1. The maximum absolute atomic E-state index is 12.4. The normalized spacial score (nSPS) is 21.9. The molecule has 21 heavy (non-hydrogen) atoms. The first-order valence-electron chi connectivity index (χ1n) is 7.81. The standard InChI is InChI=1S/C17H22N2O2/c1-11(2)19-16(20)10-15(17(19)21)18-14-9-5-7-12-6-3-4-8-13(12)14/h5,7,9,11,15,18H,3-4,6,8,10H2,1-2H3. The molecule has 1 fully saturated rings. The van der Waals surface area contributed by atoms with Crippen LogP contribution in [0.4, 0.5) is 5.69 Å². The van der Waals surface area contributed by atoms with Crippen molar-refractivity contribution < 1.29 is 9.59 Å². The van der Waals surface area contributed by atoms with Gasteiger partial charge in [0.1, 0.15) is 6.04 Å². The van der Waals surface area contributed by atoms with Gasteiger partial charge in [0.2, 0.25) is 5.91 Å². The maximum atomic E-state index is 12.4. The number of anilines is 1. The number of rotatable bonds is 3. The second kappa shape index (κ2) is 5.51. The smallest absolute Gasteiger partial charge is 0.252 e. The number of benzene rings is 1. The molecule has 1 heterocycles. The van der Waals surface area contributed by atoms with E-state index in [2.05, 4.69) is 11.4 Å². The molecule has 0 saturated carbocycles. The van der Waals surface area contributed by atoms with Crippen LogP contribution in [0.2, 0.25) is 0 Å². The van der Waals surface area contributed by atoms with Gasteiger partial charge in [-0.1, -0.05) is 12.1 Å². The van der Waals surface area contributed by atoms with Crippen LogP contribution in [0.5, 0.6) is 0 Å². The van der Waals surface area contributed by atoms with E-state index in [1.165, 1.54) is 28.9 Å². The van der Waals surface area contributed by atoms with E-state index in [1.54, 1.807) is 0 Å². The highest BCUT2D eigenvalue weighted by molar-refractivity contribution is 6.07. The van der Waals surface area contributed by atoms with E-state index in [9.17, 15) is 9.59 Å². The molecular formula is C17H22N2O2. The van der Waals surface area contributed by atoms with Crippen molar-refractivity contribution in [2.45, 2.75) is 58.0 Å². The van der Waals surface area contributed by atoms with Crippen molar-refractivity contribution >= 4 is 17.5 Å². The molecule has 3 rings (SSSR count). The molecule has 1 N–H and O–H groups in total. The number of carbonyl (C=O) groups excluding carboxylic acids is 2. The van der Waals surface area contributed by atoms with Crippen LogP contribution in [-0.4, -0.2) is 28.8 Å². The fourth-order valence-electron chi connectivity index (χ4n) is 3.41. The van der Waals surface area contributed by atoms with Gasteiger partial charge in [0.05, 0.1) is 6.42 Å². The Morgan fingerprint density at radius 1 is 1.19 bits per heavy atom. The monoisotopic (exact) mass is 286 g/mol. The van der Waals surface area contributed by atoms with Gasteiger partial charge in [-0.3, -0.25) is 14.5 Å². The van der Waals surface area contributed by atoms with Crippen LogP contribution in [-0.2, 0) is 22.4 Å². The Labute approximate surface area is 125 Å². The number of hydrogen-bond acceptors (Lipinski definition) is 3. The quantitative estimate of drug-likeness (QED) is 0.869. The molecular weight excluding hydrogens is 264 g/mol. The number of amides is 2. The molecule has 0 radical (unpaired) electrons. The Kier molecular flexibility index (Phi) is 3.70. The van der Waals surface area contributed by atoms with Gasteiger partial charge in [-0.15, -0.1) is 0 Å². The van der Waals surface area contributed by atoms with E-state index in [-0.39, 0.29) is 24.3 Å². The summed E-state index contributed by atoms with van der Waals surface area (Å²) in [4.78, 5) is 25.7. The molecule has 1 aliphatic carbocycles. The van der Waals surface area contributed by atoms with Crippen molar-refractivity contribution in [2.75, 3.05) is 5.32 Å². The molecule has 0 aromatic heterocycles. The first-order chi connectivity index (χ1) is 10.1. The summed E-state index contributed by atoms with van der Waals surface area (Å²) in [5, 5.41) is 3.32. The van der Waals surface area contributed by atoms with Crippen LogP contribution in [0, 0.1) is 0 Å². The van der Waals surface area contributed by atoms with Gasteiger partial charge in [-0.2, -0.15) is 0 Å². The summed E-state index contributed by atoms with van der Waals surface area (Å²) in [6.45, 7) is 3.76. The molecule has 1 aromatic rings. The average molecular weight is 286 g/mol. The molecule has 1 aromatic carbocycles. The number of nitrogens with zero attached hydrogens (tertiary/aromatic N) is 1. The zero-order chi connectivity index (χ0) is 15.0. The van der Waals surface area contributed by atoms with Gasteiger partial charge in [-0.25, -0.2) is 0 Å². The van der Waals surface area contributed by atoms with Crippen LogP contribution in [0.25, 0.3) is 0 Å². The minimum absolute atomic E-state index is 0.0681. The molecule has 0 bridgehead atoms. The number of hydrogen-bond donors (Lipinski definition) is 1. The first-order valence-corrected chi connectivity index (χ1v) is 7.81. The highest BCUT2D eigenvalue weighted by atomic mass is 16.2. The summed E-state index contributed by atoms with van der Waals surface area (Å²) in [5.41, 5.74) is 3.74. The predicted molar refractivity (Wildman–Crippen MR) is 82.1 cm³/mol. The molecule has 4 nitrogen and oxygen atoms in total. The van der Waals surface area contributed by atoms with Crippen LogP contribution < -0.4 is 5.32 Å². The van der Waals surface area contributed by atoms with Gasteiger partial charge in [0, 0.05) is 11.7 Å². The Bertz CT molecular complexity index is 580. The molecule has 112 valence electrons. The zero-order valence-electron chi connectivity index (χ0n) is 12.7. The molecule has 4 heteroatoms. The van der Waals surface area contributed by atoms with Gasteiger partial charge < -0.3 is 5.32 Å². The van der Waals surface area contributed by atoms with Crippen molar-refractivity contribution in [3.63, 3.8) is 0 Å². The van der Waals surface area contributed by atoms with Gasteiger partial charge in [0.25, 0.3) is 5.91 Å². The largest absolute Gasteiger partial charge is 0.373 e. The molecule has 2 amide bonds. The van der Waals surface area contributed by atoms with E-state index < -0.39 is 6.04 Å². The van der Waals surface area contributed by atoms with Gasteiger partial charge in [0.15, 0.2) is 0 Å². The topological polar surface area (TPSA) is 49.4 Å². The number of likely N-dealkylation sites (tertiary alicyclic amines) is 1. The van der Waals surface area contributed by atoms with E-state index in [0.717, 1.165) is 18.5 Å². The van der Waals surface area contributed by atoms with Crippen molar-refractivity contribution in [3.05, 3.63) is 29.3 Å². The maximum Gasteiger partial charge on any atom is 0.252 e. The Morgan fingerprint density at radius 3 is 2.67 bits per heavy atom. The third-order valence-electron chi connectivity index (χ3n) is 4.43. The highest BCUT2D eigenvalue weighted by Crippen LogP contribution is 2.29. The minimum atomic E-state index is -0.409. The number of carbonyl (C=O) groups is 2. The van der Waals surface area contributed by atoms with Crippen LogP contribution >= 0.6 is 0 Å². The number of imide groups is 1. The molecule has 2 aliphatic rings. The summed E-state index contributed by atoms with van der Waals surface area (Å²) in [6, 6.07) is 5.75. The van der Waals surface area contributed by atoms with E-state index >= 15 is 0 Å². The molecule has 1 aliphatic heterocycles. The lowest BCUT2D eigenvalue weighted by Crippen LogP contribution is -2.39. The van der Waals surface area contributed by atoms with Gasteiger partial charge >= 0.3 is 0 Å². The lowest BCUT2D eigenvalue weighted by molar-refractivity contribution is -0.140. The van der Waals surface area contributed by atoms with Crippen LogP contribution in [0.1, 0.15) is 44.2 Å². The zero-order valence-corrected chi connectivity index (χ0v) is 12.7. The van der Waals surface area contributed by atoms with Crippen molar-refractivity contribution in [2.24, 2.45) is 0 Å². The summed E-state index contributed by atoms with van der Waals surface area (Å²) in [6.07, 6.45) is 4.86. The Balaban J connectivity index is 1.82. The predicted octanol–water partition coefficient (Wildman–Crippen LogP) is 2.51. The SMILES string of the molecule is CC(C)N1C(=O)CC(Nc2cccc3c2CCCC3)C1=O. The summed E-state index contributed by atoms with van der Waals surface area (Å²) in [5.74, 6) is -0.166. The minimum Gasteiger partial charge on any atom is -0.373 e. The fraction of sp³-hybridized carbons (Fsp3) is 0.529.